The van der Waals surface area contributed by atoms with Gasteiger partial charge in [0.05, 0.1) is 12.0 Å². The van der Waals surface area contributed by atoms with Gasteiger partial charge in [0, 0.05) is 0 Å². The van der Waals surface area contributed by atoms with E-state index in [0.717, 1.165) is 17.5 Å². The van der Waals surface area contributed by atoms with Crippen LogP contribution in [0.25, 0.3) is 0 Å². The molecule has 0 aliphatic heterocycles. The summed E-state index contributed by atoms with van der Waals surface area (Å²) in [5.41, 5.74) is -0.176. The number of aliphatic hydroxyl groups is 1. The fourth-order valence-electron chi connectivity index (χ4n) is 3.33. The van der Waals surface area contributed by atoms with Crippen LogP contribution in [0, 0.1) is 5.41 Å². The lowest BCUT2D eigenvalue weighted by Crippen LogP contribution is -2.51. The summed E-state index contributed by atoms with van der Waals surface area (Å²) in [6, 6.07) is 7.91. The summed E-state index contributed by atoms with van der Waals surface area (Å²) >= 11 is 0. The van der Waals surface area contributed by atoms with Gasteiger partial charge >= 0.3 is 5.97 Å². The van der Waals surface area contributed by atoms with Gasteiger partial charge in [-0.2, -0.15) is 0 Å². The zero-order chi connectivity index (χ0) is 15.9. The molecule has 1 aromatic carbocycles. The lowest BCUT2D eigenvalue weighted by molar-refractivity contribution is -0.175. The molecular weight excluding hydrogens is 264 g/mol. The minimum absolute atomic E-state index is 0.00750. The van der Waals surface area contributed by atoms with Crippen LogP contribution in [0.3, 0.4) is 0 Å². The molecule has 0 spiro atoms. The standard InChI is InChI=1S/C18H26O3/c1-6-21-15(19)17(4,5)18(20)12-11-16(2,3)13-9-7-8-10-14(13)18/h7-10,20H,6,11-12H2,1-5H3. The molecule has 3 nitrogen and oxygen atoms in total. The maximum absolute atomic E-state index is 12.4. The average Bonchev–Trinajstić information content (AvgIpc) is 2.44. The van der Waals surface area contributed by atoms with Crippen LogP contribution < -0.4 is 0 Å². The third kappa shape index (κ3) is 2.38. The van der Waals surface area contributed by atoms with Gasteiger partial charge in [-0.3, -0.25) is 4.79 Å². The Kier molecular flexibility index (Phi) is 3.92. The molecule has 0 bridgehead atoms. The summed E-state index contributed by atoms with van der Waals surface area (Å²) in [5, 5.41) is 11.4. The van der Waals surface area contributed by atoms with Gasteiger partial charge in [-0.05, 0) is 50.2 Å². The molecule has 1 N–H and O–H groups in total. The van der Waals surface area contributed by atoms with Gasteiger partial charge in [-0.15, -0.1) is 0 Å². The normalized spacial score (nSPS) is 24.3. The average molecular weight is 290 g/mol. The quantitative estimate of drug-likeness (QED) is 0.866. The molecule has 116 valence electrons. The fraction of sp³-hybridized carbons (Fsp3) is 0.611. The van der Waals surface area contributed by atoms with Crippen LogP contribution in [0.15, 0.2) is 24.3 Å². The molecule has 1 aromatic rings. The van der Waals surface area contributed by atoms with Crippen LogP contribution in [0.1, 0.15) is 58.6 Å². The number of rotatable bonds is 3. The molecule has 1 aliphatic rings. The molecular formula is C18H26O3. The Bertz CT molecular complexity index is 545. The molecule has 0 saturated carbocycles. The van der Waals surface area contributed by atoms with E-state index < -0.39 is 11.0 Å². The minimum Gasteiger partial charge on any atom is -0.465 e. The van der Waals surface area contributed by atoms with Crippen molar-refractivity contribution < 1.29 is 14.6 Å². The van der Waals surface area contributed by atoms with E-state index >= 15 is 0 Å². The van der Waals surface area contributed by atoms with Gasteiger partial charge in [0.2, 0.25) is 0 Å². The molecule has 1 atom stereocenters. The highest BCUT2D eigenvalue weighted by atomic mass is 16.5. The van der Waals surface area contributed by atoms with Gasteiger partial charge in [-0.1, -0.05) is 38.1 Å². The molecule has 21 heavy (non-hydrogen) atoms. The van der Waals surface area contributed by atoms with Crippen molar-refractivity contribution in [3.05, 3.63) is 35.4 Å². The summed E-state index contributed by atoms with van der Waals surface area (Å²) in [7, 11) is 0. The highest BCUT2D eigenvalue weighted by molar-refractivity contribution is 5.78. The van der Waals surface area contributed by atoms with Crippen LogP contribution in [-0.4, -0.2) is 17.7 Å². The lowest BCUT2D eigenvalue weighted by atomic mass is 9.59. The SMILES string of the molecule is CCOC(=O)C(C)(C)C1(O)CCC(C)(C)c2ccccc21. The number of fused-ring (bicyclic) bond motifs is 1. The van der Waals surface area contributed by atoms with Crippen molar-refractivity contribution in [2.75, 3.05) is 6.61 Å². The Morgan fingerprint density at radius 2 is 1.81 bits per heavy atom. The molecule has 0 radical (unpaired) electrons. The lowest BCUT2D eigenvalue weighted by Gasteiger charge is -2.48. The minimum atomic E-state index is -1.19. The van der Waals surface area contributed by atoms with E-state index in [1.54, 1.807) is 20.8 Å². The van der Waals surface area contributed by atoms with E-state index in [-0.39, 0.29) is 11.4 Å². The van der Waals surface area contributed by atoms with Gasteiger partial charge < -0.3 is 9.84 Å². The molecule has 0 fully saturated rings. The summed E-state index contributed by atoms with van der Waals surface area (Å²) in [6.07, 6.45) is 1.40. The molecule has 1 aliphatic carbocycles. The van der Waals surface area contributed by atoms with Crippen LogP contribution in [0.5, 0.6) is 0 Å². The van der Waals surface area contributed by atoms with Crippen LogP contribution in [0.4, 0.5) is 0 Å². The van der Waals surface area contributed by atoms with Crippen molar-refractivity contribution in [3.63, 3.8) is 0 Å². The summed E-state index contributed by atoms with van der Waals surface area (Å²) in [4.78, 5) is 12.4. The predicted octanol–water partition coefficient (Wildman–Crippen LogP) is 3.53. The third-order valence-electron chi connectivity index (χ3n) is 5.03. The first kappa shape index (κ1) is 16.0. The van der Waals surface area contributed by atoms with E-state index in [4.69, 9.17) is 4.74 Å². The first-order valence-electron chi connectivity index (χ1n) is 7.66. The van der Waals surface area contributed by atoms with E-state index in [1.165, 1.54) is 0 Å². The molecule has 0 heterocycles. The zero-order valence-corrected chi connectivity index (χ0v) is 13.7. The second-order valence-electron chi connectivity index (χ2n) is 7.14. The van der Waals surface area contributed by atoms with Crippen LogP contribution >= 0.6 is 0 Å². The van der Waals surface area contributed by atoms with E-state index in [2.05, 4.69) is 19.9 Å². The molecule has 0 aromatic heterocycles. The number of hydrogen-bond donors (Lipinski definition) is 1. The molecule has 3 heteroatoms. The maximum atomic E-state index is 12.4. The van der Waals surface area contributed by atoms with Crippen molar-refractivity contribution in [2.45, 2.75) is 58.5 Å². The first-order valence-corrected chi connectivity index (χ1v) is 7.66. The summed E-state index contributed by atoms with van der Waals surface area (Å²) in [6.45, 7) is 10.0. The topological polar surface area (TPSA) is 46.5 Å². The number of benzene rings is 1. The zero-order valence-electron chi connectivity index (χ0n) is 13.7. The molecule has 1 unspecified atom stereocenters. The Morgan fingerprint density at radius 3 is 2.38 bits per heavy atom. The van der Waals surface area contributed by atoms with Gasteiger partial charge in [0.25, 0.3) is 0 Å². The smallest absolute Gasteiger partial charge is 0.314 e. The number of carbonyl (C=O) groups excluding carboxylic acids is 1. The Balaban J connectivity index is 2.56. The second kappa shape index (κ2) is 5.13. The van der Waals surface area contributed by atoms with Crippen molar-refractivity contribution in [2.24, 2.45) is 5.41 Å². The Labute approximate surface area is 127 Å². The number of ether oxygens (including phenoxy) is 1. The van der Waals surface area contributed by atoms with Gasteiger partial charge in [0.1, 0.15) is 5.60 Å². The Morgan fingerprint density at radius 1 is 1.24 bits per heavy atom. The predicted molar refractivity (Wildman–Crippen MR) is 83.0 cm³/mol. The van der Waals surface area contributed by atoms with E-state index in [0.29, 0.717) is 13.0 Å². The van der Waals surface area contributed by atoms with Gasteiger partial charge in [-0.25, -0.2) is 0 Å². The molecule has 0 saturated heterocycles. The van der Waals surface area contributed by atoms with Crippen molar-refractivity contribution in [1.82, 2.24) is 0 Å². The number of esters is 1. The first-order chi connectivity index (χ1) is 9.67. The van der Waals surface area contributed by atoms with E-state index in [9.17, 15) is 9.90 Å². The van der Waals surface area contributed by atoms with Crippen molar-refractivity contribution in [3.8, 4) is 0 Å². The number of carbonyl (C=O) groups is 1. The van der Waals surface area contributed by atoms with Crippen molar-refractivity contribution >= 4 is 5.97 Å². The monoisotopic (exact) mass is 290 g/mol. The molecule has 2 rings (SSSR count). The maximum Gasteiger partial charge on any atom is 0.314 e. The second-order valence-corrected chi connectivity index (χ2v) is 7.14. The fourth-order valence-corrected chi connectivity index (χ4v) is 3.33. The van der Waals surface area contributed by atoms with Crippen LogP contribution in [0.2, 0.25) is 0 Å². The van der Waals surface area contributed by atoms with Gasteiger partial charge in [0.15, 0.2) is 0 Å². The van der Waals surface area contributed by atoms with E-state index in [1.807, 2.05) is 18.2 Å². The Hall–Kier alpha value is -1.35. The van der Waals surface area contributed by atoms with Crippen LogP contribution in [-0.2, 0) is 20.5 Å². The highest BCUT2D eigenvalue weighted by Crippen LogP contribution is 2.52. The van der Waals surface area contributed by atoms with Crippen molar-refractivity contribution in [1.29, 1.82) is 0 Å². The number of hydrogen-bond acceptors (Lipinski definition) is 3. The summed E-state index contributed by atoms with van der Waals surface area (Å²) < 4.78 is 5.19. The molecule has 0 amide bonds. The summed E-state index contributed by atoms with van der Waals surface area (Å²) in [5.74, 6) is -0.345. The third-order valence-corrected chi connectivity index (χ3v) is 5.03. The highest BCUT2D eigenvalue weighted by Gasteiger charge is 2.54. The largest absolute Gasteiger partial charge is 0.465 e.